The SMILES string of the molecule is Nc1nc2cnccc2n1Cc1ccsc1. The van der Waals surface area contributed by atoms with Crippen molar-refractivity contribution < 1.29 is 0 Å². The molecule has 0 aliphatic rings. The second-order valence-electron chi connectivity index (χ2n) is 3.55. The van der Waals surface area contributed by atoms with Gasteiger partial charge in [0, 0.05) is 6.20 Å². The van der Waals surface area contributed by atoms with Crippen LogP contribution in [0.2, 0.25) is 0 Å². The van der Waals surface area contributed by atoms with Gasteiger partial charge in [0.1, 0.15) is 5.52 Å². The van der Waals surface area contributed by atoms with Crippen molar-refractivity contribution in [2.24, 2.45) is 0 Å². The first-order valence-electron chi connectivity index (χ1n) is 4.91. The number of fused-ring (bicyclic) bond motifs is 1. The molecule has 0 unspecified atom stereocenters. The van der Waals surface area contributed by atoms with E-state index in [1.807, 2.05) is 10.6 Å². The topological polar surface area (TPSA) is 56.7 Å². The van der Waals surface area contributed by atoms with E-state index in [1.54, 1.807) is 23.7 Å². The van der Waals surface area contributed by atoms with Gasteiger partial charge in [-0.2, -0.15) is 11.3 Å². The lowest BCUT2D eigenvalue weighted by atomic mass is 10.3. The van der Waals surface area contributed by atoms with Crippen molar-refractivity contribution >= 4 is 28.3 Å². The normalized spacial score (nSPS) is 11.0. The molecule has 0 aromatic carbocycles. The number of anilines is 1. The van der Waals surface area contributed by atoms with Gasteiger partial charge in [-0.1, -0.05) is 0 Å². The molecule has 0 radical (unpaired) electrons. The number of hydrogen-bond acceptors (Lipinski definition) is 4. The lowest BCUT2D eigenvalue weighted by Gasteiger charge is -2.03. The van der Waals surface area contributed by atoms with Crippen LogP contribution < -0.4 is 5.73 Å². The van der Waals surface area contributed by atoms with Crippen molar-refractivity contribution in [2.75, 3.05) is 5.73 Å². The van der Waals surface area contributed by atoms with Gasteiger partial charge in [0.25, 0.3) is 0 Å². The Morgan fingerprint density at radius 2 is 2.31 bits per heavy atom. The highest BCUT2D eigenvalue weighted by atomic mass is 32.1. The lowest BCUT2D eigenvalue weighted by Crippen LogP contribution is -2.03. The highest BCUT2D eigenvalue weighted by Crippen LogP contribution is 2.19. The number of imidazole rings is 1. The molecule has 0 saturated carbocycles. The molecular formula is C11H10N4S. The minimum atomic E-state index is 0.536. The molecule has 0 saturated heterocycles. The minimum absolute atomic E-state index is 0.536. The number of aromatic nitrogens is 3. The molecule has 4 nitrogen and oxygen atoms in total. The largest absolute Gasteiger partial charge is 0.369 e. The second kappa shape index (κ2) is 3.61. The molecule has 2 N–H and O–H groups in total. The molecule has 3 rings (SSSR count). The maximum absolute atomic E-state index is 5.90. The molecule has 5 heteroatoms. The predicted molar refractivity (Wildman–Crippen MR) is 65.4 cm³/mol. The Balaban J connectivity index is 2.12. The molecule has 3 aromatic heterocycles. The summed E-state index contributed by atoms with van der Waals surface area (Å²) in [6, 6.07) is 4.03. The van der Waals surface area contributed by atoms with Gasteiger partial charge in [-0.3, -0.25) is 4.98 Å². The molecular weight excluding hydrogens is 220 g/mol. The molecule has 16 heavy (non-hydrogen) atoms. The first kappa shape index (κ1) is 9.35. The number of pyridine rings is 1. The molecule has 80 valence electrons. The number of hydrogen-bond donors (Lipinski definition) is 1. The van der Waals surface area contributed by atoms with Gasteiger partial charge in [-0.25, -0.2) is 4.98 Å². The highest BCUT2D eigenvalue weighted by molar-refractivity contribution is 7.07. The van der Waals surface area contributed by atoms with E-state index in [2.05, 4.69) is 26.8 Å². The van der Waals surface area contributed by atoms with Gasteiger partial charge in [0.15, 0.2) is 0 Å². The lowest BCUT2D eigenvalue weighted by molar-refractivity contribution is 0.841. The van der Waals surface area contributed by atoms with E-state index in [9.17, 15) is 0 Å². The summed E-state index contributed by atoms with van der Waals surface area (Å²) in [6.07, 6.45) is 3.49. The molecule has 0 aliphatic carbocycles. The zero-order chi connectivity index (χ0) is 11.0. The number of nitrogens with two attached hydrogens (primary N) is 1. The van der Waals surface area contributed by atoms with Crippen molar-refractivity contribution in [1.82, 2.24) is 14.5 Å². The molecule has 0 aliphatic heterocycles. The van der Waals surface area contributed by atoms with Crippen LogP contribution in [0.3, 0.4) is 0 Å². The maximum atomic E-state index is 5.90. The van der Waals surface area contributed by atoms with E-state index in [1.165, 1.54) is 5.56 Å². The highest BCUT2D eigenvalue weighted by Gasteiger charge is 2.07. The fraction of sp³-hybridized carbons (Fsp3) is 0.0909. The third-order valence-corrected chi connectivity index (χ3v) is 3.23. The van der Waals surface area contributed by atoms with Crippen molar-refractivity contribution in [2.45, 2.75) is 6.54 Å². The second-order valence-corrected chi connectivity index (χ2v) is 4.33. The van der Waals surface area contributed by atoms with Crippen molar-refractivity contribution in [1.29, 1.82) is 0 Å². The Morgan fingerprint density at radius 1 is 1.38 bits per heavy atom. The summed E-state index contributed by atoms with van der Waals surface area (Å²) >= 11 is 1.69. The van der Waals surface area contributed by atoms with Crippen molar-refractivity contribution in [3.8, 4) is 0 Å². The summed E-state index contributed by atoms with van der Waals surface area (Å²) < 4.78 is 2.00. The summed E-state index contributed by atoms with van der Waals surface area (Å²) in [7, 11) is 0. The summed E-state index contributed by atoms with van der Waals surface area (Å²) in [5.41, 5.74) is 9.01. The number of thiophene rings is 1. The first-order valence-corrected chi connectivity index (χ1v) is 5.85. The third kappa shape index (κ3) is 1.45. The van der Waals surface area contributed by atoms with Crippen molar-refractivity contribution in [3.63, 3.8) is 0 Å². The fourth-order valence-electron chi connectivity index (χ4n) is 1.73. The Kier molecular flexibility index (Phi) is 2.11. The van der Waals surface area contributed by atoms with Crippen LogP contribution >= 0.6 is 11.3 Å². The van der Waals surface area contributed by atoms with Crippen LogP contribution in [-0.4, -0.2) is 14.5 Å². The molecule has 0 atom stereocenters. The van der Waals surface area contributed by atoms with Gasteiger partial charge < -0.3 is 10.3 Å². The van der Waals surface area contributed by atoms with Gasteiger partial charge in [-0.05, 0) is 28.5 Å². The van der Waals surface area contributed by atoms with Crippen LogP contribution in [-0.2, 0) is 6.54 Å². The summed E-state index contributed by atoms with van der Waals surface area (Å²) in [5, 5.41) is 4.18. The molecule has 0 spiro atoms. The number of nitrogens with zero attached hydrogens (tertiary/aromatic N) is 3. The first-order chi connectivity index (χ1) is 7.84. The van der Waals surface area contributed by atoms with Gasteiger partial charge in [-0.15, -0.1) is 0 Å². The van der Waals surface area contributed by atoms with E-state index in [0.717, 1.165) is 17.6 Å². The monoisotopic (exact) mass is 230 g/mol. The van der Waals surface area contributed by atoms with Crippen LogP contribution in [0.25, 0.3) is 11.0 Å². The van der Waals surface area contributed by atoms with Crippen molar-refractivity contribution in [3.05, 3.63) is 40.8 Å². The third-order valence-electron chi connectivity index (χ3n) is 2.50. The number of nitrogen functional groups attached to an aromatic ring is 1. The summed E-state index contributed by atoms with van der Waals surface area (Å²) in [5.74, 6) is 0.536. The number of rotatable bonds is 2. The molecule has 0 amide bonds. The average molecular weight is 230 g/mol. The molecule has 3 aromatic rings. The summed E-state index contributed by atoms with van der Waals surface area (Å²) in [4.78, 5) is 8.31. The standard InChI is InChI=1S/C11H10N4S/c12-11-14-9-5-13-3-1-10(9)15(11)6-8-2-4-16-7-8/h1-5,7H,6H2,(H2,12,14). The van der Waals surface area contributed by atoms with E-state index in [0.29, 0.717) is 5.95 Å². The Bertz CT molecular complexity index is 612. The van der Waals surface area contributed by atoms with Crippen LogP contribution in [0.4, 0.5) is 5.95 Å². The average Bonchev–Trinajstić information content (AvgIpc) is 2.89. The molecule has 0 bridgehead atoms. The van der Waals surface area contributed by atoms with Gasteiger partial charge in [0.05, 0.1) is 18.3 Å². The Morgan fingerprint density at radius 3 is 3.12 bits per heavy atom. The Labute approximate surface area is 96.4 Å². The predicted octanol–water partition coefficient (Wildman–Crippen LogP) is 2.12. The summed E-state index contributed by atoms with van der Waals surface area (Å²) in [6.45, 7) is 0.760. The van der Waals surface area contributed by atoms with Crippen LogP contribution in [0.15, 0.2) is 35.3 Å². The fourth-order valence-corrected chi connectivity index (χ4v) is 2.39. The van der Waals surface area contributed by atoms with E-state index in [4.69, 9.17) is 5.73 Å². The zero-order valence-electron chi connectivity index (χ0n) is 8.50. The smallest absolute Gasteiger partial charge is 0.201 e. The minimum Gasteiger partial charge on any atom is -0.369 e. The van der Waals surface area contributed by atoms with E-state index in [-0.39, 0.29) is 0 Å². The van der Waals surface area contributed by atoms with E-state index < -0.39 is 0 Å². The Hall–Kier alpha value is -1.88. The van der Waals surface area contributed by atoms with Crippen LogP contribution in [0, 0.1) is 0 Å². The van der Waals surface area contributed by atoms with Crippen LogP contribution in [0.1, 0.15) is 5.56 Å². The quantitative estimate of drug-likeness (QED) is 0.733. The van der Waals surface area contributed by atoms with Gasteiger partial charge in [0.2, 0.25) is 5.95 Å². The van der Waals surface area contributed by atoms with Crippen LogP contribution in [0.5, 0.6) is 0 Å². The molecule has 0 fully saturated rings. The molecule has 3 heterocycles. The van der Waals surface area contributed by atoms with Gasteiger partial charge >= 0.3 is 0 Å². The zero-order valence-corrected chi connectivity index (χ0v) is 9.31. The van der Waals surface area contributed by atoms with E-state index >= 15 is 0 Å². The maximum Gasteiger partial charge on any atom is 0.201 e.